The monoisotopic (exact) mass is 681 g/mol. The van der Waals surface area contributed by atoms with Crippen molar-refractivity contribution < 1.29 is 8.83 Å². The van der Waals surface area contributed by atoms with E-state index in [1.807, 2.05) is 109 Å². The zero-order valence-corrected chi connectivity index (χ0v) is 28.1. The molecule has 0 unspecified atom stereocenters. The molecule has 4 aromatic heterocycles. The van der Waals surface area contributed by atoms with Gasteiger partial charge in [0, 0.05) is 43.9 Å². The van der Waals surface area contributed by atoms with Crippen LogP contribution in [-0.2, 0) is 0 Å². The van der Waals surface area contributed by atoms with Crippen molar-refractivity contribution in [2.24, 2.45) is 0 Å². The molecule has 0 atom stereocenters. The maximum atomic E-state index is 6.76. The third kappa shape index (κ3) is 4.68. The van der Waals surface area contributed by atoms with Crippen molar-refractivity contribution in [3.05, 3.63) is 164 Å². The van der Waals surface area contributed by atoms with Gasteiger partial charge in [-0.15, -0.1) is 0 Å². The summed E-state index contributed by atoms with van der Waals surface area (Å²) in [4.78, 5) is 20.4. The Balaban J connectivity index is 1.14. The standard InChI is InChI=1S/C46H27N5O2/c1-3-13-28(14-4-1)43-48-44(29-25-26-39-35(27-29)31-17-7-10-23-38(31)52-39)50-45(49-43)33-19-12-24-40-41(33)32-18-11-20-34(42(32)53-40)46-47-36-21-8-9-22-37(36)51(46)30-15-5-2-6-16-30/h1-27H. The first-order valence-corrected chi connectivity index (χ1v) is 17.5. The highest BCUT2D eigenvalue weighted by molar-refractivity contribution is 6.15. The number of hydrogen-bond donors (Lipinski definition) is 0. The molecule has 7 heteroatoms. The topological polar surface area (TPSA) is 82.8 Å². The second-order valence-corrected chi connectivity index (χ2v) is 13.0. The van der Waals surface area contributed by atoms with Gasteiger partial charge in [0.15, 0.2) is 17.5 Å². The summed E-state index contributed by atoms with van der Waals surface area (Å²) in [5.74, 6) is 2.52. The number of hydrogen-bond acceptors (Lipinski definition) is 6. The number of nitrogens with zero attached hydrogens (tertiary/aromatic N) is 5. The fourth-order valence-corrected chi connectivity index (χ4v) is 7.46. The fourth-order valence-electron chi connectivity index (χ4n) is 7.46. The lowest BCUT2D eigenvalue weighted by molar-refractivity contribution is 0.668. The third-order valence-corrected chi connectivity index (χ3v) is 9.88. The Bertz CT molecular complexity index is 3180. The Morgan fingerprint density at radius 2 is 1.08 bits per heavy atom. The summed E-state index contributed by atoms with van der Waals surface area (Å²) in [6, 6.07) is 55.0. The number of furan rings is 2. The smallest absolute Gasteiger partial charge is 0.164 e. The average molecular weight is 682 g/mol. The van der Waals surface area contributed by atoms with Crippen molar-refractivity contribution in [3.8, 4) is 51.2 Å². The molecule has 0 bridgehead atoms. The van der Waals surface area contributed by atoms with Gasteiger partial charge in [0.25, 0.3) is 0 Å². The second kappa shape index (κ2) is 11.6. The number of imidazole rings is 1. The number of fused-ring (bicyclic) bond motifs is 7. The molecule has 248 valence electrons. The summed E-state index contributed by atoms with van der Waals surface area (Å²) in [7, 11) is 0. The van der Waals surface area contributed by atoms with Gasteiger partial charge >= 0.3 is 0 Å². The molecule has 0 spiro atoms. The molecule has 7 nitrogen and oxygen atoms in total. The highest BCUT2D eigenvalue weighted by Gasteiger charge is 2.23. The van der Waals surface area contributed by atoms with Gasteiger partial charge in [0.2, 0.25) is 0 Å². The van der Waals surface area contributed by atoms with Gasteiger partial charge in [-0.25, -0.2) is 19.9 Å². The number of rotatable bonds is 5. The SMILES string of the molecule is c1ccc(-c2nc(-c3ccc4oc5ccccc5c4c3)nc(-c3cccc4oc5c(-c6nc7ccccc7n6-c6ccccc6)cccc5c34)n2)cc1. The van der Waals surface area contributed by atoms with Crippen molar-refractivity contribution >= 4 is 54.9 Å². The Labute approximate surface area is 302 Å². The highest BCUT2D eigenvalue weighted by atomic mass is 16.3. The molecule has 0 radical (unpaired) electrons. The first-order chi connectivity index (χ1) is 26.3. The quantitative estimate of drug-likeness (QED) is 0.180. The van der Waals surface area contributed by atoms with Crippen LogP contribution in [0.4, 0.5) is 0 Å². The van der Waals surface area contributed by atoms with Crippen molar-refractivity contribution in [1.29, 1.82) is 0 Å². The van der Waals surface area contributed by atoms with Gasteiger partial charge in [-0.3, -0.25) is 4.57 Å². The van der Waals surface area contributed by atoms with E-state index in [1.165, 1.54) is 0 Å². The number of para-hydroxylation sites is 5. The molecule has 11 rings (SSSR count). The van der Waals surface area contributed by atoms with Crippen molar-refractivity contribution in [2.75, 3.05) is 0 Å². The van der Waals surface area contributed by atoms with E-state index in [0.717, 1.165) is 88.7 Å². The minimum Gasteiger partial charge on any atom is -0.456 e. The van der Waals surface area contributed by atoms with Gasteiger partial charge in [-0.2, -0.15) is 0 Å². The summed E-state index contributed by atoms with van der Waals surface area (Å²) >= 11 is 0. The van der Waals surface area contributed by atoms with E-state index in [2.05, 4.69) is 59.2 Å². The van der Waals surface area contributed by atoms with Gasteiger partial charge in [-0.05, 0) is 60.7 Å². The van der Waals surface area contributed by atoms with Crippen LogP contribution >= 0.6 is 0 Å². The molecule has 0 aliphatic rings. The molecule has 0 aliphatic carbocycles. The van der Waals surface area contributed by atoms with Gasteiger partial charge in [0.05, 0.1) is 16.6 Å². The first-order valence-electron chi connectivity index (χ1n) is 17.5. The van der Waals surface area contributed by atoms with Gasteiger partial charge in [-0.1, -0.05) is 103 Å². The minimum atomic E-state index is 0.557. The molecule has 11 aromatic rings. The van der Waals surface area contributed by atoms with Crippen LogP contribution in [0, 0.1) is 0 Å². The largest absolute Gasteiger partial charge is 0.456 e. The number of aromatic nitrogens is 5. The van der Waals surface area contributed by atoms with Crippen LogP contribution in [0.15, 0.2) is 173 Å². The molecule has 0 amide bonds. The Kier molecular flexibility index (Phi) is 6.42. The lowest BCUT2D eigenvalue weighted by Crippen LogP contribution is -2.00. The maximum Gasteiger partial charge on any atom is 0.164 e. The van der Waals surface area contributed by atoms with Crippen molar-refractivity contribution in [1.82, 2.24) is 24.5 Å². The normalized spacial score (nSPS) is 11.8. The molecule has 7 aromatic carbocycles. The van der Waals surface area contributed by atoms with Crippen LogP contribution in [0.5, 0.6) is 0 Å². The number of benzene rings is 7. The van der Waals surface area contributed by atoms with Gasteiger partial charge < -0.3 is 8.83 Å². The summed E-state index contributed by atoms with van der Waals surface area (Å²) < 4.78 is 15.1. The van der Waals surface area contributed by atoms with Crippen LogP contribution in [0.25, 0.3) is 106 Å². The van der Waals surface area contributed by atoms with Crippen LogP contribution in [0.3, 0.4) is 0 Å². The zero-order valence-electron chi connectivity index (χ0n) is 28.1. The maximum absolute atomic E-state index is 6.76. The molecule has 0 saturated carbocycles. The van der Waals surface area contributed by atoms with E-state index < -0.39 is 0 Å². The predicted octanol–water partition coefficient (Wildman–Crippen LogP) is 11.7. The van der Waals surface area contributed by atoms with Crippen LogP contribution < -0.4 is 0 Å². The van der Waals surface area contributed by atoms with Gasteiger partial charge in [0.1, 0.15) is 28.2 Å². The van der Waals surface area contributed by atoms with E-state index in [9.17, 15) is 0 Å². The Morgan fingerprint density at radius 1 is 0.415 bits per heavy atom. The summed E-state index contributed by atoms with van der Waals surface area (Å²) in [5, 5.41) is 3.94. The molecular formula is C46H27N5O2. The second-order valence-electron chi connectivity index (χ2n) is 13.0. The summed E-state index contributed by atoms with van der Waals surface area (Å²) in [6.07, 6.45) is 0. The van der Waals surface area contributed by atoms with Crippen LogP contribution in [-0.4, -0.2) is 24.5 Å². The summed E-state index contributed by atoms with van der Waals surface area (Å²) in [5.41, 5.74) is 9.63. The molecule has 4 heterocycles. The van der Waals surface area contributed by atoms with Crippen LogP contribution in [0.2, 0.25) is 0 Å². The fraction of sp³-hybridized carbons (Fsp3) is 0. The van der Waals surface area contributed by atoms with E-state index in [-0.39, 0.29) is 0 Å². The molecule has 0 saturated heterocycles. The minimum absolute atomic E-state index is 0.557. The van der Waals surface area contributed by atoms with E-state index in [4.69, 9.17) is 28.8 Å². The molecular weight excluding hydrogens is 655 g/mol. The Hall–Kier alpha value is -7.38. The molecule has 53 heavy (non-hydrogen) atoms. The molecule has 0 N–H and O–H groups in total. The predicted molar refractivity (Wildman–Crippen MR) is 211 cm³/mol. The average Bonchev–Trinajstić information content (AvgIpc) is 3.92. The third-order valence-electron chi connectivity index (χ3n) is 9.88. The molecule has 0 fully saturated rings. The highest BCUT2D eigenvalue weighted by Crippen LogP contribution is 2.41. The van der Waals surface area contributed by atoms with Crippen molar-refractivity contribution in [3.63, 3.8) is 0 Å². The Morgan fingerprint density at radius 3 is 1.96 bits per heavy atom. The lowest BCUT2D eigenvalue weighted by atomic mass is 10.0. The zero-order chi connectivity index (χ0) is 34.9. The first kappa shape index (κ1) is 29.4. The molecule has 0 aliphatic heterocycles. The lowest BCUT2D eigenvalue weighted by Gasteiger charge is -2.10. The van der Waals surface area contributed by atoms with Crippen LogP contribution in [0.1, 0.15) is 0 Å². The summed E-state index contributed by atoms with van der Waals surface area (Å²) in [6.45, 7) is 0. The van der Waals surface area contributed by atoms with E-state index in [1.54, 1.807) is 0 Å². The van der Waals surface area contributed by atoms with E-state index in [0.29, 0.717) is 17.5 Å². The van der Waals surface area contributed by atoms with Crippen molar-refractivity contribution in [2.45, 2.75) is 0 Å². The van der Waals surface area contributed by atoms with E-state index >= 15 is 0 Å².